The second-order valence-corrected chi connectivity index (χ2v) is 7.69. The predicted octanol–water partition coefficient (Wildman–Crippen LogP) is 3.32. The van der Waals surface area contributed by atoms with Crippen molar-refractivity contribution in [2.24, 2.45) is 5.92 Å². The standard InChI is InChI=1S/C20H25FN4O2/c1-25-12-16(22-19(26)14-5-3-2-4-6-14)11-17(25)20-23-18(24-27-20)13-7-9-15(21)10-8-13/h7-10,14,16-17H,2-6,11-12H2,1H3,(H,22,26). The molecule has 0 spiro atoms. The van der Waals surface area contributed by atoms with Crippen molar-refractivity contribution in [3.8, 4) is 11.4 Å². The first-order valence-corrected chi connectivity index (χ1v) is 9.70. The summed E-state index contributed by atoms with van der Waals surface area (Å²) in [5.41, 5.74) is 0.717. The summed E-state index contributed by atoms with van der Waals surface area (Å²) in [7, 11) is 2.00. The zero-order valence-electron chi connectivity index (χ0n) is 15.5. The maximum Gasteiger partial charge on any atom is 0.244 e. The minimum atomic E-state index is -0.297. The van der Waals surface area contributed by atoms with Crippen molar-refractivity contribution in [1.82, 2.24) is 20.4 Å². The zero-order valence-corrected chi connectivity index (χ0v) is 15.5. The maximum atomic E-state index is 13.1. The molecule has 1 amide bonds. The summed E-state index contributed by atoms with van der Waals surface area (Å²) in [6.45, 7) is 0.761. The number of hydrogen-bond acceptors (Lipinski definition) is 5. The molecule has 6 nitrogen and oxygen atoms in total. The Morgan fingerprint density at radius 2 is 1.96 bits per heavy atom. The lowest BCUT2D eigenvalue weighted by Gasteiger charge is -2.22. The number of amides is 1. The highest BCUT2D eigenvalue weighted by Gasteiger charge is 2.36. The molecule has 2 heterocycles. The largest absolute Gasteiger partial charge is 0.352 e. The molecule has 2 atom stereocenters. The Labute approximate surface area is 158 Å². The van der Waals surface area contributed by atoms with Gasteiger partial charge in [0, 0.05) is 24.1 Å². The minimum absolute atomic E-state index is 0.0247. The fourth-order valence-electron chi connectivity index (χ4n) is 4.16. The number of hydrogen-bond donors (Lipinski definition) is 1. The topological polar surface area (TPSA) is 71.3 Å². The summed E-state index contributed by atoms with van der Waals surface area (Å²) in [6.07, 6.45) is 6.30. The van der Waals surface area contributed by atoms with Gasteiger partial charge >= 0.3 is 0 Å². The Kier molecular flexibility index (Phi) is 5.20. The van der Waals surface area contributed by atoms with Gasteiger partial charge in [0.1, 0.15) is 5.82 Å². The second kappa shape index (κ2) is 7.76. The average Bonchev–Trinajstić information content (AvgIpc) is 3.30. The lowest BCUT2D eigenvalue weighted by atomic mass is 9.88. The van der Waals surface area contributed by atoms with E-state index in [2.05, 4.69) is 20.4 Å². The monoisotopic (exact) mass is 372 g/mol. The van der Waals surface area contributed by atoms with Crippen LogP contribution in [-0.2, 0) is 4.79 Å². The Morgan fingerprint density at radius 1 is 1.22 bits per heavy atom. The normalized spacial score (nSPS) is 24.2. The molecule has 1 saturated heterocycles. The summed E-state index contributed by atoms with van der Waals surface area (Å²) >= 11 is 0. The van der Waals surface area contributed by atoms with Crippen LogP contribution in [0.4, 0.5) is 4.39 Å². The summed E-state index contributed by atoms with van der Waals surface area (Å²) in [5, 5.41) is 7.24. The molecule has 1 saturated carbocycles. The molecule has 1 aliphatic heterocycles. The lowest BCUT2D eigenvalue weighted by molar-refractivity contribution is -0.126. The van der Waals surface area contributed by atoms with E-state index in [0.717, 1.165) is 38.6 Å². The van der Waals surface area contributed by atoms with Gasteiger partial charge in [0.05, 0.1) is 6.04 Å². The number of halogens is 1. The van der Waals surface area contributed by atoms with Crippen molar-refractivity contribution in [3.05, 3.63) is 36.0 Å². The van der Waals surface area contributed by atoms with Crippen molar-refractivity contribution in [2.75, 3.05) is 13.6 Å². The van der Waals surface area contributed by atoms with Gasteiger partial charge in [-0.2, -0.15) is 4.98 Å². The van der Waals surface area contributed by atoms with Gasteiger partial charge in [-0.05, 0) is 50.6 Å². The van der Waals surface area contributed by atoms with Gasteiger partial charge < -0.3 is 9.84 Å². The van der Waals surface area contributed by atoms with Crippen molar-refractivity contribution >= 4 is 5.91 Å². The second-order valence-electron chi connectivity index (χ2n) is 7.69. The van der Waals surface area contributed by atoms with Crippen molar-refractivity contribution in [2.45, 2.75) is 50.6 Å². The van der Waals surface area contributed by atoms with Gasteiger partial charge in [-0.1, -0.05) is 24.4 Å². The fourth-order valence-corrected chi connectivity index (χ4v) is 4.16. The van der Waals surface area contributed by atoms with Gasteiger partial charge in [0.2, 0.25) is 17.6 Å². The predicted molar refractivity (Wildman–Crippen MR) is 98.2 cm³/mol. The molecule has 2 aromatic rings. The first-order chi connectivity index (χ1) is 13.1. The van der Waals surface area contributed by atoms with Crippen molar-refractivity contribution in [3.63, 3.8) is 0 Å². The van der Waals surface area contributed by atoms with Gasteiger partial charge in [-0.3, -0.25) is 9.69 Å². The van der Waals surface area contributed by atoms with E-state index in [1.807, 2.05) is 7.05 Å². The molecule has 7 heteroatoms. The molecule has 27 heavy (non-hydrogen) atoms. The summed E-state index contributed by atoms with van der Waals surface area (Å²) in [6, 6.07) is 6.10. The Morgan fingerprint density at radius 3 is 2.70 bits per heavy atom. The quantitative estimate of drug-likeness (QED) is 0.891. The zero-order chi connectivity index (χ0) is 18.8. The minimum Gasteiger partial charge on any atom is -0.352 e. The first-order valence-electron chi connectivity index (χ1n) is 9.70. The van der Waals surface area contributed by atoms with Gasteiger partial charge in [0.15, 0.2) is 0 Å². The molecular formula is C20H25FN4O2. The van der Waals surface area contributed by atoms with Crippen LogP contribution in [0.1, 0.15) is 50.5 Å². The molecule has 0 bridgehead atoms. The van der Waals surface area contributed by atoms with Crippen LogP contribution in [0, 0.1) is 11.7 Å². The van der Waals surface area contributed by atoms with E-state index in [0.29, 0.717) is 17.3 Å². The average molecular weight is 372 g/mol. The lowest BCUT2D eigenvalue weighted by Crippen LogP contribution is -2.40. The molecule has 0 radical (unpaired) electrons. The van der Waals surface area contributed by atoms with E-state index in [4.69, 9.17) is 4.52 Å². The SMILES string of the molecule is CN1CC(NC(=O)C2CCCCC2)CC1c1nc(-c2ccc(F)cc2)no1. The molecule has 1 aromatic carbocycles. The molecule has 4 rings (SSSR count). The Balaban J connectivity index is 1.40. The molecule has 2 fully saturated rings. The smallest absolute Gasteiger partial charge is 0.244 e. The number of carbonyl (C=O) groups excluding carboxylic acids is 1. The molecule has 1 N–H and O–H groups in total. The molecule has 1 aliphatic carbocycles. The number of likely N-dealkylation sites (N-methyl/N-ethyl adjacent to an activating group) is 1. The van der Waals surface area contributed by atoms with Crippen molar-refractivity contribution < 1.29 is 13.7 Å². The summed E-state index contributed by atoms with van der Waals surface area (Å²) in [4.78, 5) is 19.1. The third kappa shape index (κ3) is 4.03. The van der Waals surface area contributed by atoms with Crippen LogP contribution in [0.25, 0.3) is 11.4 Å². The van der Waals surface area contributed by atoms with Crippen LogP contribution >= 0.6 is 0 Å². The van der Waals surface area contributed by atoms with Crippen LogP contribution < -0.4 is 5.32 Å². The Bertz CT molecular complexity index is 786. The number of nitrogens with one attached hydrogen (secondary N) is 1. The van der Waals surface area contributed by atoms with Crippen LogP contribution in [0.5, 0.6) is 0 Å². The number of carbonyl (C=O) groups is 1. The fraction of sp³-hybridized carbons (Fsp3) is 0.550. The Hall–Kier alpha value is -2.28. The molecule has 144 valence electrons. The molecule has 2 aliphatic rings. The van der Waals surface area contributed by atoms with Crippen molar-refractivity contribution in [1.29, 1.82) is 0 Å². The first kappa shape index (κ1) is 18.1. The van der Waals surface area contributed by atoms with E-state index in [1.165, 1.54) is 18.6 Å². The highest BCUT2D eigenvalue weighted by Crippen LogP contribution is 2.31. The van der Waals surface area contributed by atoms with E-state index < -0.39 is 0 Å². The highest BCUT2D eigenvalue weighted by molar-refractivity contribution is 5.79. The van der Waals surface area contributed by atoms with Gasteiger partial charge in [-0.15, -0.1) is 0 Å². The van der Waals surface area contributed by atoms with E-state index >= 15 is 0 Å². The summed E-state index contributed by atoms with van der Waals surface area (Å²) < 4.78 is 18.5. The number of aromatic nitrogens is 2. The van der Waals surface area contributed by atoms with Crippen LogP contribution in [0.15, 0.2) is 28.8 Å². The van der Waals surface area contributed by atoms with Gasteiger partial charge in [0.25, 0.3) is 0 Å². The van der Waals surface area contributed by atoms with Crippen LogP contribution in [0.2, 0.25) is 0 Å². The van der Waals surface area contributed by atoms with E-state index in [-0.39, 0.29) is 29.7 Å². The molecular weight excluding hydrogens is 347 g/mol. The highest BCUT2D eigenvalue weighted by atomic mass is 19.1. The molecule has 2 unspecified atom stereocenters. The van der Waals surface area contributed by atoms with E-state index in [1.54, 1.807) is 12.1 Å². The number of benzene rings is 1. The number of rotatable bonds is 4. The summed E-state index contributed by atoms with van der Waals surface area (Å²) in [5.74, 6) is 1.04. The third-order valence-electron chi connectivity index (χ3n) is 5.70. The third-order valence-corrected chi connectivity index (χ3v) is 5.70. The van der Waals surface area contributed by atoms with Crippen LogP contribution in [0.3, 0.4) is 0 Å². The van der Waals surface area contributed by atoms with Gasteiger partial charge in [-0.25, -0.2) is 4.39 Å². The number of likely N-dealkylation sites (tertiary alicyclic amines) is 1. The molecule has 1 aromatic heterocycles. The van der Waals surface area contributed by atoms with Crippen LogP contribution in [-0.4, -0.2) is 40.6 Å². The van der Waals surface area contributed by atoms with E-state index in [9.17, 15) is 9.18 Å². The number of nitrogens with zero attached hydrogens (tertiary/aromatic N) is 3. The maximum absolute atomic E-state index is 13.1.